The van der Waals surface area contributed by atoms with Crippen LogP contribution in [0.25, 0.3) is 0 Å². The van der Waals surface area contributed by atoms with Crippen LogP contribution in [0, 0.1) is 11.8 Å². The fourth-order valence-corrected chi connectivity index (χ4v) is 2.65. The van der Waals surface area contributed by atoms with Crippen molar-refractivity contribution in [2.75, 3.05) is 4.43 Å². The smallest absolute Gasteiger partial charge is 0.234 e. The summed E-state index contributed by atoms with van der Waals surface area (Å²) in [5.41, 5.74) is -4.13. The summed E-state index contributed by atoms with van der Waals surface area (Å²) < 4.78 is 125. The Kier molecular flexibility index (Phi) is 6.66. The zero-order valence-electron chi connectivity index (χ0n) is 10.4. The van der Waals surface area contributed by atoms with E-state index >= 15 is 0 Å². The van der Waals surface area contributed by atoms with Gasteiger partial charge in [0.25, 0.3) is 0 Å². The number of alkyl halides is 11. The van der Waals surface area contributed by atoms with Crippen LogP contribution in [-0.2, 0) is 0 Å². The maximum absolute atomic E-state index is 13.4. The molecule has 0 fully saturated rings. The Bertz CT molecular complexity index is 312. The van der Waals surface area contributed by atoms with E-state index in [1.807, 2.05) is 0 Å². The third-order valence-corrected chi connectivity index (χ3v) is 3.52. The number of hydrogen-bond acceptors (Lipinski definition) is 0. The summed E-state index contributed by atoms with van der Waals surface area (Å²) >= 11 is 1.43. The molecular formula is C10H11F10I. The second kappa shape index (κ2) is 6.65. The lowest BCUT2D eigenvalue weighted by Crippen LogP contribution is -2.47. The van der Waals surface area contributed by atoms with Gasteiger partial charge >= 0.3 is 18.5 Å². The molecule has 2 unspecified atom stereocenters. The Hall–Kier alpha value is 0.0300. The summed E-state index contributed by atoms with van der Waals surface area (Å²) in [6.07, 6.45) is -19.9. The number of hydrogen-bond donors (Lipinski definition) is 0. The molecule has 11 heteroatoms. The molecule has 0 saturated heterocycles. The molecule has 0 aromatic heterocycles. The normalized spacial score (nSPS) is 18.7. The molecule has 0 aliphatic carbocycles. The van der Waals surface area contributed by atoms with Crippen molar-refractivity contribution in [1.29, 1.82) is 0 Å². The second-order valence-electron chi connectivity index (χ2n) is 4.70. The highest BCUT2D eigenvalue weighted by Crippen LogP contribution is 2.49. The van der Waals surface area contributed by atoms with Crippen molar-refractivity contribution in [3.63, 3.8) is 0 Å². The molecule has 0 aromatic carbocycles. The zero-order chi connectivity index (χ0) is 17.3. The van der Waals surface area contributed by atoms with Gasteiger partial charge in [-0.25, -0.2) is 4.39 Å². The van der Waals surface area contributed by atoms with Gasteiger partial charge in [0.05, 0.1) is 0 Å². The van der Waals surface area contributed by atoms with Crippen molar-refractivity contribution < 1.29 is 43.9 Å². The van der Waals surface area contributed by atoms with Gasteiger partial charge < -0.3 is 0 Å². The first-order chi connectivity index (χ1) is 9.04. The third-order valence-electron chi connectivity index (χ3n) is 2.89. The van der Waals surface area contributed by atoms with E-state index < -0.39 is 48.9 Å². The lowest BCUT2D eigenvalue weighted by atomic mass is 9.80. The Labute approximate surface area is 127 Å². The summed E-state index contributed by atoms with van der Waals surface area (Å²) in [5.74, 6) is -6.53. The van der Waals surface area contributed by atoms with Gasteiger partial charge in [-0.1, -0.05) is 22.6 Å². The molecule has 0 bridgehead atoms. The van der Waals surface area contributed by atoms with E-state index in [-0.39, 0.29) is 11.4 Å². The Morgan fingerprint density at radius 1 is 0.810 bits per heavy atom. The predicted octanol–water partition coefficient (Wildman–Crippen LogP) is 5.85. The van der Waals surface area contributed by atoms with Gasteiger partial charge in [0, 0.05) is 0 Å². The van der Waals surface area contributed by atoms with Crippen molar-refractivity contribution in [2.24, 2.45) is 11.8 Å². The minimum Gasteiger partial charge on any atom is -0.234 e. The fraction of sp³-hybridized carbons (Fsp3) is 1.00. The molecule has 0 aliphatic rings. The maximum Gasteiger partial charge on any atom is 0.422 e. The maximum atomic E-state index is 13.4. The molecule has 0 nitrogen and oxygen atoms in total. The summed E-state index contributed by atoms with van der Waals surface area (Å²) in [6.45, 7) is -0.0585. The van der Waals surface area contributed by atoms with Crippen LogP contribution in [0.3, 0.4) is 0 Å². The molecule has 128 valence electrons. The molecule has 0 amide bonds. The Balaban J connectivity index is 5.56. The summed E-state index contributed by atoms with van der Waals surface area (Å²) in [5, 5.41) is 0. The molecule has 0 spiro atoms. The highest BCUT2D eigenvalue weighted by molar-refractivity contribution is 14.1. The molecule has 21 heavy (non-hydrogen) atoms. The molecule has 0 aromatic rings. The largest absolute Gasteiger partial charge is 0.422 e. The Morgan fingerprint density at radius 2 is 1.19 bits per heavy atom. The quantitative estimate of drug-likeness (QED) is 0.282. The van der Waals surface area contributed by atoms with Crippen LogP contribution in [0.4, 0.5) is 43.9 Å². The van der Waals surface area contributed by atoms with Crippen molar-refractivity contribution in [3.05, 3.63) is 0 Å². The van der Waals surface area contributed by atoms with Gasteiger partial charge in [-0.3, -0.25) is 0 Å². The third kappa shape index (κ3) is 5.97. The van der Waals surface area contributed by atoms with Gasteiger partial charge in [-0.2, -0.15) is 39.5 Å². The number of rotatable bonds is 5. The van der Waals surface area contributed by atoms with Crippen LogP contribution < -0.4 is 0 Å². The Morgan fingerprint density at radius 3 is 1.43 bits per heavy atom. The molecule has 0 radical (unpaired) electrons. The fourth-order valence-electron chi connectivity index (χ4n) is 1.85. The molecule has 2 atom stereocenters. The topological polar surface area (TPSA) is 0 Å². The van der Waals surface area contributed by atoms with Crippen molar-refractivity contribution in [3.8, 4) is 0 Å². The van der Waals surface area contributed by atoms with Gasteiger partial charge in [0.1, 0.15) is 0 Å². The average molecular weight is 448 g/mol. The van der Waals surface area contributed by atoms with Crippen molar-refractivity contribution >= 4 is 22.6 Å². The first kappa shape index (κ1) is 21.0. The minimum absolute atomic E-state index is 0.0585. The zero-order valence-corrected chi connectivity index (χ0v) is 12.6. The minimum atomic E-state index is -5.80. The van der Waals surface area contributed by atoms with Gasteiger partial charge in [0.15, 0.2) is 5.92 Å². The molecule has 0 N–H and O–H groups in total. The van der Waals surface area contributed by atoms with Crippen LogP contribution in [0.2, 0.25) is 0 Å². The van der Waals surface area contributed by atoms with Crippen molar-refractivity contribution in [1.82, 2.24) is 0 Å². The summed E-state index contributed by atoms with van der Waals surface area (Å²) in [4.78, 5) is 0. The van der Waals surface area contributed by atoms with Crippen molar-refractivity contribution in [2.45, 2.75) is 44.0 Å². The summed E-state index contributed by atoms with van der Waals surface area (Å²) in [7, 11) is 0. The van der Waals surface area contributed by atoms with Crippen LogP contribution in [0.15, 0.2) is 0 Å². The SMILES string of the molecule is CC(F)(CC(CCI)C(C(F)(F)F)C(F)(F)F)C(F)(F)F. The van der Waals surface area contributed by atoms with Crippen LogP contribution in [-0.4, -0.2) is 28.6 Å². The summed E-state index contributed by atoms with van der Waals surface area (Å²) in [6, 6.07) is 0. The monoisotopic (exact) mass is 448 g/mol. The van der Waals surface area contributed by atoms with Crippen LogP contribution in [0.5, 0.6) is 0 Å². The predicted molar refractivity (Wildman–Crippen MR) is 62.8 cm³/mol. The standard InChI is InChI=1S/C10H11F10I/c1-7(11,10(18,19)20)4-5(2-3-21)6(8(12,13)14)9(15,16)17/h5-6H,2-4H2,1H3. The highest BCUT2D eigenvalue weighted by Gasteiger charge is 2.63. The molecule has 0 aliphatic heterocycles. The molecular weight excluding hydrogens is 437 g/mol. The van der Waals surface area contributed by atoms with E-state index in [1.54, 1.807) is 0 Å². The van der Waals surface area contributed by atoms with E-state index in [2.05, 4.69) is 0 Å². The molecule has 0 heterocycles. The van der Waals surface area contributed by atoms with Gasteiger partial charge in [-0.15, -0.1) is 0 Å². The lowest BCUT2D eigenvalue weighted by molar-refractivity contribution is -0.306. The highest BCUT2D eigenvalue weighted by atomic mass is 127. The first-order valence-electron chi connectivity index (χ1n) is 5.49. The van der Waals surface area contributed by atoms with E-state index in [0.29, 0.717) is 0 Å². The second-order valence-corrected chi connectivity index (χ2v) is 5.78. The number of halogens is 11. The van der Waals surface area contributed by atoms with E-state index in [9.17, 15) is 43.9 Å². The molecule has 0 rings (SSSR count). The van der Waals surface area contributed by atoms with E-state index in [1.165, 1.54) is 22.6 Å². The lowest BCUT2D eigenvalue weighted by Gasteiger charge is -2.34. The average Bonchev–Trinajstić information content (AvgIpc) is 2.09. The van der Waals surface area contributed by atoms with Gasteiger partial charge in [-0.05, 0) is 30.1 Å². The van der Waals surface area contributed by atoms with E-state index in [0.717, 1.165) is 0 Å². The first-order valence-corrected chi connectivity index (χ1v) is 7.01. The van der Waals surface area contributed by atoms with Gasteiger partial charge in [0.2, 0.25) is 5.67 Å². The van der Waals surface area contributed by atoms with Crippen LogP contribution in [0.1, 0.15) is 19.8 Å². The molecule has 0 saturated carbocycles. The van der Waals surface area contributed by atoms with E-state index in [4.69, 9.17) is 0 Å². The van der Waals surface area contributed by atoms with Crippen LogP contribution >= 0.6 is 22.6 Å².